The summed E-state index contributed by atoms with van der Waals surface area (Å²) < 4.78 is 15.7. The smallest absolute Gasteiger partial charge is 0.315 e. The van der Waals surface area contributed by atoms with E-state index in [-0.39, 0.29) is 12.2 Å². The van der Waals surface area contributed by atoms with Gasteiger partial charge in [0.2, 0.25) is 0 Å². The third-order valence-corrected chi connectivity index (χ3v) is 3.31. The lowest BCUT2D eigenvalue weighted by Gasteiger charge is -2.11. The molecule has 0 bridgehead atoms. The molecule has 0 amide bonds. The average molecular weight is 314 g/mol. The molecule has 0 saturated carbocycles. The molecule has 5 heteroatoms. The lowest BCUT2D eigenvalue weighted by Crippen LogP contribution is -2.13. The van der Waals surface area contributed by atoms with Crippen LogP contribution in [0.5, 0.6) is 17.2 Å². The summed E-state index contributed by atoms with van der Waals surface area (Å²) in [5, 5.41) is 0. The van der Waals surface area contributed by atoms with Gasteiger partial charge in [0.25, 0.3) is 0 Å². The fourth-order valence-electron chi connectivity index (χ4n) is 2.15. The fraction of sp³-hybridized carbons (Fsp3) is 0.222. The van der Waals surface area contributed by atoms with Crippen LogP contribution < -0.4 is 14.2 Å². The summed E-state index contributed by atoms with van der Waals surface area (Å²) in [4.78, 5) is 23.7. The molecular weight excluding hydrogens is 296 g/mol. The molecule has 2 aromatic rings. The van der Waals surface area contributed by atoms with Crippen molar-refractivity contribution in [3.63, 3.8) is 0 Å². The maximum Gasteiger partial charge on any atom is 0.315 e. The third kappa shape index (κ3) is 4.10. The second-order valence-electron chi connectivity index (χ2n) is 4.88. The first kappa shape index (κ1) is 16.5. The van der Waals surface area contributed by atoms with Crippen LogP contribution in [0.25, 0.3) is 0 Å². The first-order chi connectivity index (χ1) is 11.0. The number of para-hydroxylation sites is 2. The molecule has 0 saturated heterocycles. The van der Waals surface area contributed by atoms with Crippen molar-refractivity contribution in [2.75, 3.05) is 14.2 Å². The van der Waals surface area contributed by atoms with E-state index in [1.807, 2.05) is 0 Å². The van der Waals surface area contributed by atoms with Gasteiger partial charge in [-0.15, -0.1) is 0 Å². The van der Waals surface area contributed by atoms with Gasteiger partial charge < -0.3 is 14.2 Å². The summed E-state index contributed by atoms with van der Waals surface area (Å²) in [6.45, 7) is 1.47. The van der Waals surface area contributed by atoms with E-state index >= 15 is 0 Å². The summed E-state index contributed by atoms with van der Waals surface area (Å²) in [5.74, 6) is 0.819. The topological polar surface area (TPSA) is 61.8 Å². The minimum atomic E-state index is -0.464. The molecule has 120 valence electrons. The molecule has 0 heterocycles. The fourth-order valence-corrected chi connectivity index (χ4v) is 2.15. The summed E-state index contributed by atoms with van der Waals surface area (Å²) in [7, 11) is 3.02. The number of ether oxygens (including phenoxy) is 3. The highest BCUT2D eigenvalue weighted by Crippen LogP contribution is 2.27. The Bertz CT molecular complexity index is 721. The monoisotopic (exact) mass is 314 g/mol. The van der Waals surface area contributed by atoms with E-state index in [0.717, 1.165) is 0 Å². The predicted molar refractivity (Wildman–Crippen MR) is 85.3 cm³/mol. The number of carbonyl (C=O) groups excluding carboxylic acids is 2. The molecule has 0 aliphatic heterocycles. The van der Waals surface area contributed by atoms with Crippen molar-refractivity contribution < 1.29 is 23.8 Å². The molecule has 0 N–H and O–H groups in total. The van der Waals surface area contributed by atoms with E-state index in [1.54, 1.807) is 42.5 Å². The highest BCUT2D eigenvalue weighted by molar-refractivity contribution is 5.94. The van der Waals surface area contributed by atoms with Crippen LogP contribution in [0.4, 0.5) is 0 Å². The second kappa shape index (κ2) is 7.45. The predicted octanol–water partition coefficient (Wildman–Crippen LogP) is 3.05. The number of rotatable bonds is 6. The van der Waals surface area contributed by atoms with Gasteiger partial charge in [0, 0.05) is 11.1 Å². The summed E-state index contributed by atoms with van der Waals surface area (Å²) in [6, 6.07) is 11.9. The minimum absolute atomic E-state index is 0.0116. The number of Topliss-reactive ketones (excluding diaryl/α,β-unsaturated/α-hetero) is 1. The Morgan fingerprint density at radius 2 is 1.57 bits per heavy atom. The zero-order chi connectivity index (χ0) is 16.8. The zero-order valence-corrected chi connectivity index (χ0v) is 13.3. The number of hydrogen-bond donors (Lipinski definition) is 0. The Kier molecular flexibility index (Phi) is 5.36. The van der Waals surface area contributed by atoms with E-state index in [0.29, 0.717) is 28.4 Å². The molecule has 0 unspecified atom stereocenters. The number of hydrogen-bond acceptors (Lipinski definition) is 5. The molecule has 0 spiro atoms. The molecule has 0 radical (unpaired) electrons. The van der Waals surface area contributed by atoms with Gasteiger partial charge in [-0.25, -0.2) is 0 Å². The maximum absolute atomic E-state index is 12.2. The standard InChI is InChI=1S/C18H18O5/c1-12(19)13-8-9-15(21-2)14(10-13)11-18(20)23-17-7-5-4-6-16(17)22-3/h4-10H,11H2,1-3H3. The molecule has 5 nitrogen and oxygen atoms in total. The Hall–Kier alpha value is -2.82. The molecule has 0 aliphatic carbocycles. The first-order valence-electron chi connectivity index (χ1n) is 7.06. The molecule has 0 aromatic heterocycles. The van der Waals surface area contributed by atoms with E-state index in [2.05, 4.69) is 0 Å². The van der Waals surface area contributed by atoms with Gasteiger partial charge in [-0.3, -0.25) is 9.59 Å². The van der Waals surface area contributed by atoms with Crippen LogP contribution in [-0.4, -0.2) is 26.0 Å². The molecule has 2 rings (SSSR count). The molecular formula is C18H18O5. The molecule has 0 aliphatic rings. The second-order valence-corrected chi connectivity index (χ2v) is 4.88. The van der Waals surface area contributed by atoms with Gasteiger partial charge in [0.15, 0.2) is 17.3 Å². The highest BCUT2D eigenvalue weighted by Gasteiger charge is 2.14. The lowest BCUT2D eigenvalue weighted by molar-refractivity contribution is -0.133. The van der Waals surface area contributed by atoms with Crippen LogP contribution in [0, 0.1) is 0 Å². The van der Waals surface area contributed by atoms with Crippen LogP contribution in [0.3, 0.4) is 0 Å². The van der Waals surface area contributed by atoms with Crippen LogP contribution in [-0.2, 0) is 11.2 Å². The van der Waals surface area contributed by atoms with Crippen molar-refractivity contribution in [1.29, 1.82) is 0 Å². The van der Waals surface area contributed by atoms with Gasteiger partial charge in [-0.2, -0.15) is 0 Å². The maximum atomic E-state index is 12.2. The SMILES string of the molecule is COc1ccc(C(C)=O)cc1CC(=O)Oc1ccccc1OC. The third-order valence-electron chi connectivity index (χ3n) is 3.31. The van der Waals surface area contributed by atoms with E-state index < -0.39 is 5.97 Å². The molecule has 23 heavy (non-hydrogen) atoms. The van der Waals surface area contributed by atoms with E-state index in [9.17, 15) is 9.59 Å². The Labute approximate surface area is 134 Å². The van der Waals surface area contributed by atoms with Crippen molar-refractivity contribution in [2.45, 2.75) is 13.3 Å². The Morgan fingerprint density at radius 3 is 2.17 bits per heavy atom. The molecule has 0 atom stereocenters. The Balaban J connectivity index is 2.19. The normalized spacial score (nSPS) is 10.0. The number of carbonyl (C=O) groups is 2. The Morgan fingerprint density at radius 1 is 0.913 bits per heavy atom. The summed E-state index contributed by atoms with van der Waals surface area (Å²) >= 11 is 0. The number of methoxy groups -OCH3 is 2. The van der Waals surface area contributed by atoms with Crippen LogP contribution in [0.1, 0.15) is 22.8 Å². The first-order valence-corrected chi connectivity index (χ1v) is 7.06. The average Bonchev–Trinajstić information content (AvgIpc) is 2.55. The summed E-state index contributed by atoms with van der Waals surface area (Å²) in [5.41, 5.74) is 1.12. The van der Waals surface area contributed by atoms with Gasteiger partial charge in [0.1, 0.15) is 5.75 Å². The lowest BCUT2D eigenvalue weighted by atomic mass is 10.0. The largest absolute Gasteiger partial charge is 0.496 e. The number of ketones is 1. The van der Waals surface area contributed by atoms with Crippen LogP contribution >= 0.6 is 0 Å². The quantitative estimate of drug-likeness (QED) is 0.466. The van der Waals surface area contributed by atoms with Crippen molar-refractivity contribution in [1.82, 2.24) is 0 Å². The van der Waals surface area contributed by atoms with Crippen molar-refractivity contribution in [3.05, 3.63) is 53.6 Å². The van der Waals surface area contributed by atoms with Crippen molar-refractivity contribution in [3.8, 4) is 17.2 Å². The van der Waals surface area contributed by atoms with Crippen molar-refractivity contribution in [2.24, 2.45) is 0 Å². The van der Waals surface area contributed by atoms with Crippen molar-refractivity contribution >= 4 is 11.8 Å². The van der Waals surface area contributed by atoms with Gasteiger partial charge in [0.05, 0.1) is 20.6 Å². The van der Waals surface area contributed by atoms with E-state index in [1.165, 1.54) is 21.1 Å². The van der Waals surface area contributed by atoms with Crippen LogP contribution in [0.15, 0.2) is 42.5 Å². The number of esters is 1. The van der Waals surface area contributed by atoms with Gasteiger partial charge in [-0.05, 0) is 37.3 Å². The number of benzene rings is 2. The van der Waals surface area contributed by atoms with Gasteiger partial charge >= 0.3 is 5.97 Å². The highest BCUT2D eigenvalue weighted by atomic mass is 16.6. The van der Waals surface area contributed by atoms with E-state index in [4.69, 9.17) is 14.2 Å². The zero-order valence-electron chi connectivity index (χ0n) is 13.3. The molecule has 2 aromatic carbocycles. The van der Waals surface area contributed by atoms with Gasteiger partial charge in [-0.1, -0.05) is 12.1 Å². The summed E-state index contributed by atoms with van der Waals surface area (Å²) in [6.07, 6.45) is -0.0116. The van der Waals surface area contributed by atoms with Crippen LogP contribution in [0.2, 0.25) is 0 Å². The molecule has 0 fully saturated rings. The minimum Gasteiger partial charge on any atom is -0.496 e.